The van der Waals surface area contributed by atoms with Crippen molar-refractivity contribution in [2.24, 2.45) is 0 Å². The number of nitrogens with one attached hydrogen (secondary N) is 2. The van der Waals surface area contributed by atoms with Crippen LogP contribution in [-0.2, 0) is 4.79 Å². The van der Waals surface area contributed by atoms with E-state index in [9.17, 15) is 9.59 Å². The Hall–Kier alpha value is -2.66. The van der Waals surface area contributed by atoms with E-state index in [2.05, 4.69) is 15.6 Å². The van der Waals surface area contributed by atoms with Gasteiger partial charge in [-0.1, -0.05) is 11.3 Å². The first-order valence-electron chi connectivity index (χ1n) is 6.51. The maximum absolute atomic E-state index is 11.8. The quantitative estimate of drug-likeness (QED) is 0.822. The molecule has 0 saturated carbocycles. The average molecular weight is 318 g/mol. The topological polar surface area (TPSA) is 108 Å². The van der Waals surface area contributed by atoms with Gasteiger partial charge in [0.25, 0.3) is 5.91 Å². The van der Waals surface area contributed by atoms with Gasteiger partial charge in [0, 0.05) is 13.5 Å². The lowest BCUT2D eigenvalue weighted by Crippen LogP contribution is -2.23. The largest absolute Gasteiger partial charge is 0.450 e. The van der Waals surface area contributed by atoms with E-state index >= 15 is 0 Å². The van der Waals surface area contributed by atoms with E-state index in [4.69, 9.17) is 9.68 Å². The Kier molecular flexibility index (Phi) is 4.91. The van der Waals surface area contributed by atoms with E-state index in [0.29, 0.717) is 16.6 Å². The summed E-state index contributed by atoms with van der Waals surface area (Å²) in [5.74, 6) is 0.113. The van der Waals surface area contributed by atoms with E-state index in [-0.39, 0.29) is 30.5 Å². The first-order valence-corrected chi connectivity index (χ1v) is 7.33. The predicted molar refractivity (Wildman–Crippen MR) is 81.4 cm³/mol. The SMILES string of the molecule is CC(=O)Nc1nc(C)c(-c2ccc(C(=O)NCCC#N)o2)s1. The molecule has 7 nitrogen and oxygen atoms in total. The van der Waals surface area contributed by atoms with Gasteiger partial charge in [0.2, 0.25) is 5.91 Å². The maximum Gasteiger partial charge on any atom is 0.287 e. The van der Waals surface area contributed by atoms with Crippen molar-refractivity contribution in [3.05, 3.63) is 23.6 Å². The van der Waals surface area contributed by atoms with Crippen LogP contribution in [0.1, 0.15) is 29.6 Å². The van der Waals surface area contributed by atoms with Gasteiger partial charge in [0.1, 0.15) is 5.76 Å². The Bertz CT molecular complexity index is 742. The van der Waals surface area contributed by atoms with E-state index in [1.54, 1.807) is 19.1 Å². The lowest BCUT2D eigenvalue weighted by molar-refractivity contribution is -0.114. The first-order chi connectivity index (χ1) is 10.5. The molecular weight excluding hydrogens is 304 g/mol. The first kappa shape index (κ1) is 15.7. The molecule has 0 aliphatic carbocycles. The monoisotopic (exact) mass is 318 g/mol. The van der Waals surface area contributed by atoms with Crippen LogP contribution < -0.4 is 10.6 Å². The van der Waals surface area contributed by atoms with Crippen LogP contribution in [0.5, 0.6) is 0 Å². The number of aryl methyl sites for hydroxylation is 1. The Morgan fingerprint density at radius 2 is 2.23 bits per heavy atom. The second-order valence-electron chi connectivity index (χ2n) is 4.44. The molecule has 0 fully saturated rings. The molecule has 2 rings (SSSR count). The summed E-state index contributed by atoms with van der Waals surface area (Å²) in [4.78, 5) is 27.8. The number of carbonyl (C=O) groups excluding carboxylic acids is 2. The minimum Gasteiger partial charge on any atom is -0.450 e. The third-order valence-electron chi connectivity index (χ3n) is 2.66. The Balaban J connectivity index is 2.14. The normalized spacial score (nSPS) is 10.0. The van der Waals surface area contributed by atoms with Gasteiger partial charge in [-0.05, 0) is 19.1 Å². The molecule has 0 aliphatic heterocycles. The van der Waals surface area contributed by atoms with E-state index in [1.165, 1.54) is 18.3 Å². The molecule has 2 heterocycles. The van der Waals surface area contributed by atoms with Crippen molar-refractivity contribution in [2.75, 3.05) is 11.9 Å². The average Bonchev–Trinajstić information content (AvgIpc) is 3.05. The number of aromatic nitrogens is 1. The molecule has 0 aliphatic rings. The number of rotatable bonds is 5. The van der Waals surface area contributed by atoms with Crippen LogP contribution in [0.15, 0.2) is 16.5 Å². The van der Waals surface area contributed by atoms with Gasteiger partial charge in [0.05, 0.1) is 23.1 Å². The van der Waals surface area contributed by atoms with Gasteiger partial charge in [-0.2, -0.15) is 5.26 Å². The number of furan rings is 1. The van der Waals surface area contributed by atoms with Gasteiger partial charge in [-0.15, -0.1) is 0 Å². The van der Waals surface area contributed by atoms with Crippen LogP contribution in [0.2, 0.25) is 0 Å². The minimum absolute atomic E-state index is 0.168. The smallest absolute Gasteiger partial charge is 0.287 e. The highest BCUT2D eigenvalue weighted by Gasteiger charge is 2.16. The lowest BCUT2D eigenvalue weighted by atomic mass is 10.3. The van der Waals surface area contributed by atoms with Crippen molar-refractivity contribution in [1.29, 1.82) is 5.26 Å². The minimum atomic E-state index is -0.370. The third-order valence-corrected chi connectivity index (χ3v) is 3.74. The molecule has 0 radical (unpaired) electrons. The number of nitriles is 1. The number of amides is 2. The summed E-state index contributed by atoms with van der Waals surface area (Å²) in [5.41, 5.74) is 0.708. The zero-order valence-electron chi connectivity index (χ0n) is 12.1. The molecule has 0 atom stereocenters. The Morgan fingerprint density at radius 3 is 2.91 bits per heavy atom. The van der Waals surface area contributed by atoms with Crippen molar-refractivity contribution >= 4 is 28.3 Å². The summed E-state index contributed by atoms with van der Waals surface area (Å²) >= 11 is 1.28. The maximum atomic E-state index is 11.8. The molecule has 0 unspecified atom stereocenters. The van der Waals surface area contributed by atoms with Crippen LogP contribution in [0.3, 0.4) is 0 Å². The fourth-order valence-electron chi connectivity index (χ4n) is 1.73. The van der Waals surface area contributed by atoms with E-state index in [1.807, 2.05) is 6.07 Å². The second kappa shape index (κ2) is 6.87. The fraction of sp³-hybridized carbons (Fsp3) is 0.286. The molecule has 2 aromatic heterocycles. The molecule has 8 heteroatoms. The molecule has 22 heavy (non-hydrogen) atoms. The standard InChI is InChI=1S/C14H14N4O3S/c1-8-12(22-14(17-8)18-9(2)19)10-4-5-11(21-10)13(20)16-7-3-6-15/h4-5H,3,7H2,1-2H3,(H,16,20)(H,17,18,19). The van der Waals surface area contributed by atoms with Gasteiger partial charge >= 0.3 is 0 Å². The summed E-state index contributed by atoms with van der Waals surface area (Å²) in [6.07, 6.45) is 0.243. The molecule has 0 saturated heterocycles. The van der Waals surface area contributed by atoms with Gasteiger partial charge in [-0.3, -0.25) is 9.59 Å². The molecule has 0 aromatic carbocycles. The zero-order chi connectivity index (χ0) is 16.1. The van der Waals surface area contributed by atoms with Gasteiger partial charge in [0.15, 0.2) is 10.9 Å². The predicted octanol–water partition coefficient (Wildman–Crippen LogP) is 2.31. The summed E-state index contributed by atoms with van der Waals surface area (Å²) in [6.45, 7) is 3.48. The van der Waals surface area contributed by atoms with Crippen LogP contribution >= 0.6 is 11.3 Å². The molecular formula is C14H14N4O3S. The summed E-state index contributed by atoms with van der Waals surface area (Å²) < 4.78 is 5.52. The Morgan fingerprint density at radius 1 is 1.45 bits per heavy atom. The van der Waals surface area contributed by atoms with Crippen LogP contribution in [-0.4, -0.2) is 23.3 Å². The summed E-state index contributed by atoms with van der Waals surface area (Å²) in [6, 6.07) is 5.19. The Labute approximate surface area is 131 Å². The van der Waals surface area contributed by atoms with E-state index < -0.39 is 0 Å². The molecule has 2 N–H and O–H groups in total. The van der Waals surface area contributed by atoms with Gasteiger partial charge in [-0.25, -0.2) is 4.98 Å². The lowest BCUT2D eigenvalue weighted by Gasteiger charge is -1.98. The van der Waals surface area contributed by atoms with E-state index in [0.717, 1.165) is 4.88 Å². The highest BCUT2D eigenvalue weighted by atomic mass is 32.1. The van der Waals surface area contributed by atoms with Crippen LogP contribution in [0, 0.1) is 18.3 Å². The number of carbonyl (C=O) groups is 2. The third kappa shape index (κ3) is 3.71. The summed E-state index contributed by atoms with van der Waals surface area (Å²) in [7, 11) is 0. The highest BCUT2D eigenvalue weighted by molar-refractivity contribution is 7.19. The fourth-order valence-corrected chi connectivity index (χ4v) is 2.70. The van der Waals surface area contributed by atoms with Crippen LogP contribution in [0.4, 0.5) is 5.13 Å². The van der Waals surface area contributed by atoms with Crippen molar-refractivity contribution in [3.63, 3.8) is 0 Å². The van der Waals surface area contributed by atoms with Crippen molar-refractivity contribution < 1.29 is 14.0 Å². The highest BCUT2D eigenvalue weighted by Crippen LogP contribution is 2.33. The molecule has 2 aromatic rings. The molecule has 2 amide bonds. The molecule has 0 bridgehead atoms. The van der Waals surface area contributed by atoms with Crippen molar-refractivity contribution in [1.82, 2.24) is 10.3 Å². The molecule has 0 spiro atoms. The number of hydrogen-bond donors (Lipinski definition) is 2. The van der Waals surface area contributed by atoms with Gasteiger partial charge < -0.3 is 15.1 Å². The second-order valence-corrected chi connectivity index (χ2v) is 5.44. The van der Waals surface area contributed by atoms with Crippen molar-refractivity contribution in [3.8, 4) is 16.7 Å². The summed E-state index contributed by atoms with van der Waals surface area (Å²) in [5, 5.41) is 14.1. The zero-order valence-corrected chi connectivity index (χ0v) is 12.9. The number of nitrogens with zero attached hydrogens (tertiary/aromatic N) is 2. The molecule has 114 valence electrons. The van der Waals surface area contributed by atoms with Crippen molar-refractivity contribution in [2.45, 2.75) is 20.3 Å². The van der Waals surface area contributed by atoms with Crippen LogP contribution in [0.25, 0.3) is 10.6 Å². The number of thiazole rings is 1. The number of anilines is 1. The number of hydrogen-bond acceptors (Lipinski definition) is 6.